The number of nitrogens with one attached hydrogen (secondary N) is 1. The molecule has 2 aromatic carbocycles. The number of carbonyl (C=O) groups excluding carboxylic acids is 1. The number of carboxylic acid groups (broad SMARTS) is 1. The average Bonchev–Trinajstić information content (AvgIpc) is 3.44. The van der Waals surface area contributed by atoms with Gasteiger partial charge in [0.25, 0.3) is 5.91 Å². The molecule has 2 aliphatic rings. The number of aliphatic carboxylic acids is 1. The van der Waals surface area contributed by atoms with Gasteiger partial charge < -0.3 is 14.9 Å². The van der Waals surface area contributed by atoms with Crippen molar-refractivity contribution in [3.63, 3.8) is 0 Å². The van der Waals surface area contributed by atoms with Crippen LogP contribution in [-0.2, 0) is 15.1 Å². The zero-order valence-corrected chi connectivity index (χ0v) is 17.4. The number of aryl methyl sites for hydroxylation is 2. The van der Waals surface area contributed by atoms with Crippen molar-refractivity contribution in [2.75, 3.05) is 11.9 Å². The molecule has 7 heteroatoms. The molecule has 0 aliphatic carbocycles. The molecule has 3 aromatic rings. The fourth-order valence-corrected chi connectivity index (χ4v) is 5.18. The van der Waals surface area contributed by atoms with Gasteiger partial charge in [0, 0.05) is 23.4 Å². The molecule has 1 aromatic heterocycles. The van der Waals surface area contributed by atoms with Gasteiger partial charge in [0.05, 0.1) is 5.69 Å². The topological polar surface area (TPSA) is 95.7 Å². The van der Waals surface area contributed by atoms with Gasteiger partial charge in [0.2, 0.25) is 0 Å². The van der Waals surface area contributed by atoms with Gasteiger partial charge in [-0.2, -0.15) is 0 Å². The highest BCUT2D eigenvalue weighted by molar-refractivity contribution is 6.09. The number of carbonyl (C=O) groups is 2. The van der Waals surface area contributed by atoms with Crippen LogP contribution >= 0.6 is 0 Å². The molecule has 2 aliphatic heterocycles. The first-order valence-corrected chi connectivity index (χ1v) is 10.4. The summed E-state index contributed by atoms with van der Waals surface area (Å²) in [5, 5.41) is 17.0. The molecule has 2 unspecified atom stereocenters. The van der Waals surface area contributed by atoms with Gasteiger partial charge in [-0.25, -0.2) is 0 Å². The summed E-state index contributed by atoms with van der Waals surface area (Å²) in [4.78, 5) is 27.6. The molecule has 5 rings (SSSR count). The highest BCUT2D eigenvalue weighted by atomic mass is 16.5. The third-order valence-corrected chi connectivity index (χ3v) is 6.47. The van der Waals surface area contributed by atoms with Gasteiger partial charge in [-0.1, -0.05) is 41.6 Å². The predicted octanol–water partition coefficient (Wildman–Crippen LogP) is 3.70. The monoisotopic (exact) mass is 417 g/mol. The summed E-state index contributed by atoms with van der Waals surface area (Å²) >= 11 is 0. The van der Waals surface area contributed by atoms with Crippen molar-refractivity contribution in [1.82, 2.24) is 10.1 Å². The third kappa shape index (κ3) is 2.73. The number of carboxylic acids is 1. The minimum absolute atomic E-state index is 0.224. The fourth-order valence-electron chi connectivity index (χ4n) is 5.18. The van der Waals surface area contributed by atoms with Gasteiger partial charge in [-0.3, -0.25) is 14.5 Å². The molecule has 3 heterocycles. The summed E-state index contributed by atoms with van der Waals surface area (Å²) < 4.78 is 5.35. The Morgan fingerprint density at radius 3 is 2.68 bits per heavy atom. The highest BCUT2D eigenvalue weighted by Gasteiger charge is 2.56. The molecule has 31 heavy (non-hydrogen) atoms. The van der Waals surface area contributed by atoms with E-state index in [-0.39, 0.29) is 5.91 Å². The summed E-state index contributed by atoms with van der Waals surface area (Å²) in [6.45, 7) is 4.26. The van der Waals surface area contributed by atoms with Crippen LogP contribution in [0.1, 0.15) is 35.4 Å². The summed E-state index contributed by atoms with van der Waals surface area (Å²) in [7, 11) is 0. The van der Waals surface area contributed by atoms with E-state index in [1.54, 1.807) is 0 Å². The van der Waals surface area contributed by atoms with Crippen molar-refractivity contribution in [1.29, 1.82) is 0 Å². The summed E-state index contributed by atoms with van der Waals surface area (Å²) in [6.07, 6.45) is 1.23. The number of hydrogen-bond donors (Lipinski definition) is 2. The van der Waals surface area contributed by atoms with Crippen LogP contribution in [0.2, 0.25) is 0 Å². The summed E-state index contributed by atoms with van der Waals surface area (Å²) in [5.74, 6) is -0.432. The van der Waals surface area contributed by atoms with Crippen molar-refractivity contribution in [3.8, 4) is 11.1 Å². The van der Waals surface area contributed by atoms with Crippen molar-refractivity contribution >= 4 is 17.6 Å². The van der Waals surface area contributed by atoms with Crippen molar-refractivity contribution < 1.29 is 19.2 Å². The van der Waals surface area contributed by atoms with Crippen LogP contribution in [0.3, 0.4) is 0 Å². The molecule has 1 fully saturated rings. The first kappa shape index (κ1) is 19.5. The second-order valence-corrected chi connectivity index (χ2v) is 8.18. The van der Waals surface area contributed by atoms with Crippen LogP contribution in [0.4, 0.5) is 5.69 Å². The maximum Gasteiger partial charge on any atom is 0.320 e. The van der Waals surface area contributed by atoms with Gasteiger partial charge in [0.1, 0.15) is 11.8 Å². The van der Waals surface area contributed by atoms with E-state index in [1.165, 1.54) is 0 Å². The molecule has 0 radical (unpaired) electrons. The summed E-state index contributed by atoms with van der Waals surface area (Å²) in [6, 6.07) is 14.5. The van der Waals surface area contributed by atoms with Crippen LogP contribution in [0.5, 0.6) is 0 Å². The van der Waals surface area contributed by atoms with Crippen molar-refractivity contribution in [3.05, 3.63) is 71.1 Å². The zero-order valence-electron chi connectivity index (χ0n) is 17.4. The van der Waals surface area contributed by atoms with Crippen LogP contribution in [0.25, 0.3) is 11.1 Å². The number of amides is 1. The van der Waals surface area contributed by atoms with Gasteiger partial charge in [0.15, 0.2) is 5.54 Å². The van der Waals surface area contributed by atoms with E-state index in [0.29, 0.717) is 24.4 Å². The minimum Gasteiger partial charge on any atom is -0.480 e. The molecule has 2 atom stereocenters. The first-order valence-electron chi connectivity index (χ1n) is 10.4. The van der Waals surface area contributed by atoms with E-state index in [1.807, 2.05) is 67.3 Å². The molecule has 1 saturated heterocycles. The molecule has 0 bridgehead atoms. The number of benzene rings is 2. The lowest BCUT2D eigenvalue weighted by Gasteiger charge is -2.40. The smallest absolute Gasteiger partial charge is 0.320 e. The van der Waals surface area contributed by atoms with Crippen molar-refractivity contribution in [2.24, 2.45) is 0 Å². The Morgan fingerprint density at radius 1 is 1.23 bits per heavy atom. The Hall–Kier alpha value is -3.45. The van der Waals surface area contributed by atoms with Crippen LogP contribution < -0.4 is 5.32 Å². The predicted molar refractivity (Wildman–Crippen MR) is 115 cm³/mol. The molecular weight excluding hydrogens is 394 g/mol. The van der Waals surface area contributed by atoms with E-state index in [0.717, 1.165) is 34.4 Å². The number of hydrogen-bond acceptors (Lipinski definition) is 5. The number of likely N-dealkylation sites (tertiary alicyclic amines) is 1. The number of nitrogens with zero attached hydrogens (tertiary/aromatic N) is 2. The average molecular weight is 417 g/mol. The molecule has 0 spiro atoms. The van der Waals surface area contributed by atoms with E-state index in [9.17, 15) is 14.7 Å². The Morgan fingerprint density at radius 2 is 2.00 bits per heavy atom. The van der Waals surface area contributed by atoms with Crippen molar-refractivity contribution in [2.45, 2.75) is 38.3 Å². The maximum atomic E-state index is 13.7. The summed E-state index contributed by atoms with van der Waals surface area (Å²) in [5.41, 5.74) is 3.54. The Labute approximate surface area is 179 Å². The quantitative estimate of drug-likeness (QED) is 0.672. The Kier molecular flexibility index (Phi) is 4.44. The highest BCUT2D eigenvalue weighted by Crippen LogP contribution is 2.49. The van der Waals surface area contributed by atoms with E-state index < -0.39 is 17.6 Å². The molecule has 2 N–H and O–H groups in total. The van der Waals surface area contributed by atoms with Gasteiger partial charge >= 0.3 is 5.97 Å². The fraction of sp³-hybridized carbons (Fsp3) is 0.292. The van der Waals surface area contributed by atoms with Crippen LogP contribution in [0.15, 0.2) is 53.1 Å². The van der Waals surface area contributed by atoms with Gasteiger partial charge in [-0.15, -0.1) is 0 Å². The number of rotatable bonds is 4. The maximum absolute atomic E-state index is 13.7. The lowest BCUT2D eigenvalue weighted by atomic mass is 9.80. The van der Waals surface area contributed by atoms with E-state index in [2.05, 4.69) is 10.5 Å². The lowest BCUT2D eigenvalue weighted by Crippen LogP contribution is -2.55. The molecule has 7 nitrogen and oxygen atoms in total. The first-order chi connectivity index (χ1) is 14.9. The van der Waals surface area contributed by atoms with Gasteiger partial charge in [-0.05, 0) is 49.9 Å². The molecule has 0 saturated carbocycles. The normalized spacial score (nSPS) is 23.0. The Balaban J connectivity index is 1.78. The second-order valence-electron chi connectivity index (χ2n) is 8.18. The SMILES string of the molecule is Cc1noc(C)c1-c1ccc2c(c1)C(c1ccccc1)(N1CCCC1C(=O)O)C(=O)N2. The van der Waals surface area contributed by atoms with E-state index >= 15 is 0 Å². The Bertz CT molecular complexity index is 1170. The van der Waals surface area contributed by atoms with Crippen LogP contribution in [-0.4, -0.2) is 39.6 Å². The second kappa shape index (κ2) is 7.06. The van der Waals surface area contributed by atoms with Crippen LogP contribution in [0, 0.1) is 13.8 Å². The number of fused-ring (bicyclic) bond motifs is 1. The minimum atomic E-state index is -1.22. The largest absolute Gasteiger partial charge is 0.480 e. The molecule has 158 valence electrons. The zero-order chi connectivity index (χ0) is 21.8. The standard InChI is InChI=1S/C24H23N3O4/c1-14-21(15(2)31-26-14)16-10-11-19-18(13-16)24(23(30)25-19,17-7-4-3-5-8-17)27-12-6-9-20(27)22(28)29/h3-5,7-8,10-11,13,20H,6,9,12H2,1-2H3,(H,25,30)(H,28,29). The van der Waals surface area contributed by atoms with E-state index in [4.69, 9.17) is 4.52 Å². The number of aromatic nitrogens is 1. The molecule has 1 amide bonds. The third-order valence-electron chi connectivity index (χ3n) is 6.47. The lowest BCUT2D eigenvalue weighted by molar-refractivity contribution is -0.145. The molecular formula is C24H23N3O4. The number of anilines is 1.